The van der Waals surface area contributed by atoms with Gasteiger partial charge in [0.15, 0.2) is 0 Å². The predicted octanol–water partition coefficient (Wildman–Crippen LogP) is 1.41. The van der Waals surface area contributed by atoms with Crippen LogP contribution in [0.1, 0.15) is 31.1 Å². The SMILES string of the molecule is O=C1OP2OC(=O)c3cc1cc(c3)C(=O)O2. The molecule has 16 heavy (non-hydrogen) atoms. The van der Waals surface area contributed by atoms with E-state index < -0.39 is 26.5 Å². The van der Waals surface area contributed by atoms with Gasteiger partial charge in [0.1, 0.15) is 0 Å². The van der Waals surface area contributed by atoms with E-state index in [1.54, 1.807) is 0 Å². The van der Waals surface area contributed by atoms with Gasteiger partial charge in [-0.05, 0) is 18.2 Å². The molecule has 4 rings (SSSR count). The van der Waals surface area contributed by atoms with Crippen molar-refractivity contribution in [3.63, 3.8) is 0 Å². The minimum atomic E-state index is -2.28. The lowest BCUT2D eigenvalue weighted by Gasteiger charge is -2.21. The summed E-state index contributed by atoms with van der Waals surface area (Å²) in [6.45, 7) is 0. The first-order chi connectivity index (χ1) is 7.63. The highest BCUT2D eigenvalue weighted by atomic mass is 31.2. The average molecular weight is 238 g/mol. The van der Waals surface area contributed by atoms with Crippen LogP contribution in [0, 0.1) is 0 Å². The molecule has 1 aromatic rings. The van der Waals surface area contributed by atoms with Crippen LogP contribution in [0.2, 0.25) is 0 Å². The maximum Gasteiger partial charge on any atom is 0.537 e. The van der Waals surface area contributed by atoms with Gasteiger partial charge in [0.2, 0.25) is 0 Å². The molecular formula is C9H3O6P. The molecule has 0 aromatic heterocycles. The molecule has 1 aromatic carbocycles. The Balaban J connectivity index is 2.33. The van der Waals surface area contributed by atoms with Crippen LogP contribution < -0.4 is 0 Å². The van der Waals surface area contributed by atoms with E-state index in [4.69, 9.17) is 13.6 Å². The van der Waals surface area contributed by atoms with Crippen molar-refractivity contribution >= 4 is 26.5 Å². The van der Waals surface area contributed by atoms with Gasteiger partial charge in [-0.15, -0.1) is 0 Å². The highest BCUT2D eigenvalue weighted by Gasteiger charge is 2.36. The maximum atomic E-state index is 11.5. The van der Waals surface area contributed by atoms with Gasteiger partial charge in [0, 0.05) is 0 Å². The van der Waals surface area contributed by atoms with Crippen LogP contribution in [0.25, 0.3) is 0 Å². The number of benzene rings is 1. The molecule has 0 fully saturated rings. The summed E-state index contributed by atoms with van der Waals surface area (Å²) in [6, 6.07) is 3.96. The molecule has 0 radical (unpaired) electrons. The average Bonchev–Trinajstić information content (AvgIpc) is 2.26. The van der Waals surface area contributed by atoms with Crippen molar-refractivity contribution in [1.29, 1.82) is 0 Å². The fourth-order valence-corrected chi connectivity index (χ4v) is 2.23. The van der Waals surface area contributed by atoms with Gasteiger partial charge in [-0.3, -0.25) is 0 Å². The van der Waals surface area contributed by atoms with Gasteiger partial charge in [-0.25, -0.2) is 14.4 Å². The minimum absolute atomic E-state index is 0.147. The van der Waals surface area contributed by atoms with Crippen LogP contribution in [0.5, 0.6) is 0 Å². The normalized spacial score (nSPS) is 18.4. The molecule has 0 N–H and O–H groups in total. The third-order valence-corrected chi connectivity index (χ3v) is 3.06. The Morgan fingerprint density at radius 2 is 1.00 bits per heavy atom. The number of carbonyl (C=O) groups excluding carboxylic acids is 3. The first-order valence-electron chi connectivity index (χ1n) is 4.25. The quantitative estimate of drug-likeness (QED) is 0.636. The van der Waals surface area contributed by atoms with Gasteiger partial charge in [-0.1, -0.05) is 0 Å². The smallest absolute Gasteiger partial charge is 0.371 e. The van der Waals surface area contributed by atoms with E-state index in [0.29, 0.717) is 0 Å². The topological polar surface area (TPSA) is 78.9 Å². The van der Waals surface area contributed by atoms with Gasteiger partial charge in [0.05, 0.1) is 16.7 Å². The molecule has 3 aliphatic rings. The Hall–Kier alpha value is -1.94. The highest BCUT2D eigenvalue weighted by Crippen LogP contribution is 2.45. The van der Waals surface area contributed by atoms with Crippen molar-refractivity contribution in [3.05, 3.63) is 34.9 Å². The molecule has 0 spiro atoms. The summed E-state index contributed by atoms with van der Waals surface area (Å²) in [5.41, 5.74) is 0.440. The Bertz CT molecular complexity index is 448. The lowest BCUT2D eigenvalue weighted by atomic mass is 10.1. The van der Waals surface area contributed by atoms with Crippen molar-refractivity contribution in [3.8, 4) is 0 Å². The molecule has 0 amide bonds. The maximum absolute atomic E-state index is 11.5. The lowest BCUT2D eigenvalue weighted by Crippen LogP contribution is -2.20. The van der Waals surface area contributed by atoms with E-state index in [1.807, 2.05) is 0 Å². The third kappa shape index (κ3) is 1.27. The molecule has 3 aliphatic heterocycles. The molecular weight excluding hydrogens is 235 g/mol. The number of fused-ring (bicyclic) bond motifs is 3. The summed E-state index contributed by atoms with van der Waals surface area (Å²) >= 11 is 0. The van der Waals surface area contributed by atoms with E-state index in [9.17, 15) is 14.4 Å². The molecule has 0 atom stereocenters. The van der Waals surface area contributed by atoms with E-state index in [0.717, 1.165) is 0 Å². The van der Waals surface area contributed by atoms with E-state index in [1.165, 1.54) is 18.2 Å². The molecule has 0 unspecified atom stereocenters. The zero-order valence-electron chi connectivity index (χ0n) is 7.63. The summed E-state index contributed by atoms with van der Waals surface area (Å²) < 4.78 is 14.1. The van der Waals surface area contributed by atoms with Crippen LogP contribution in [-0.2, 0) is 13.6 Å². The molecule has 80 valence electrons. The fourth-order valence-electron chi connectivity index (χ4n) is 1.40. The summed E-state index contributed by atoms with van der Waals surface area (Å²) in [7, 11) is -2.28. The van der Waals surface area contributed by atoms with Crippen molar-refractivity contribution < 1.29 is 28.0 Å². The van der Waals surface area contributed by atoms with Crippen molar-refractivity contribution in [2.45, 2.75) is 0 Å². The Morgan fingerprint density at radius 1 is 0.688 bits per heavy atom. The van der Waals surface area contributed by atoms with Crippen LogP contribution in [0.3, 0.4) is 0 Å². The molecule has 3 heterocycles. The number of hydrogen-bond donors (Lipinski definition) is 0. The number of rotatable bonds is 0. The monoisotopic (exact) mass is 238 g/mol. The Labute approximate surface area is 90.1 Å². The van der Waals surface area contributed by atoms with Crippen molar-refractivity contribution in [2.75, 3.05) is 0 Å². The second-order valence-corrected chi connectivity index (χ2v) is 4.15. The van der Waals surface area contributed by atoms with Gasteiger partial charge >= 0.3 is 26.5 Å². The second-order valence-electron chi connectivity index (χ2n) is 3.16. The summed E-state index contributed by atoms with van der Waals surface area (Å²) in [5, 5.41) is 0. The summed E-state index contributed by atoms with van der Waals surface area (Å²) in [4.78, 5) is 34.4. The van der Waals surface area contributed by atoms with E-state index in [2.05, 4.69) is 0 Å². The largest absolute Gasteiger partial charge is 0.537 e. The second kappa shape index (κ2) is 3.02. The van der Waals surface area contributed by atoms with Crippen LogP contribution in [0.15, 0.2) is 18.2 Å². The van der Waals surface area contributed by atoms with Crippen LogP contribution in [0.4, 0.5) is 0 Å². The zero-order chi connectivity index (χ0) is 11.3. The van der Waals surface area contributed by atoms with Crippen LogP contribution >= 0.6 is 8.60 Å². The molecule has 0 aliphatic carbocycles. The first-order valence-corrected chi connectivity index (χ1v) is 5.35. The predicted molar refractivity (Wildman–Crippen MR) is 49.6 cm³/mol. The van der Waals surface area contributed by atoms with Crippen molar-refractivity contribution in [1.82, 2.24) is 0 Å². The summed E-state index contributed by atoms with van der Waals surface area (Å²) in [6.07, 6.45) is 0. The molecule has 0 saturated heterocycles. The van der Waals surface area contributed by atoms with Crippen molar-refractivity contribution in [2.24, 2.45) is 0 Å². The third-order valence-electron chi connectivity index (χ3n) is 2.11. The zero-order valence-corrected chi connectivity index (χ0v) is 8.52. The molecule has 6 nitrogen and oxygen atoms in total. The molecule has 7 heteroatoms. The number of hydrogen-bond acceptors (Lipinski definition) is 6. The van der Waals surface area contributed by atoms with Gasteiger partial charge in [0.25, 0.3) is 0 Å². The fraction of sp³-hybridized carbons (Fsp3) is 0. The van der Waals surface area contributed by atoms with E-state index >= 15 is 0 Å². The van der Waals surface area contributed by atoms with Gasteiger partial charge < -0.3 is 13.6 Å². The Kier molecular flexibility index (Phi) is 1.76. The minimum Gasteiger partial charge on any atom is -0.371 e. The van der Waals surface area contributed by atoms with E-state index in [-0.39, 0.29) is 16.7 Å². The Morgan fingerprint density at radius 3 is 1.31 bits per heavy atom. The standard InChI is InChI=1S/C9H3O6P/c10-7-4-1-5-3-6(2-4)9(12)15-16(13-7)14-8(5)11/h1-3H. The number of carbonyl (C=O) groups is 3. The van der Waals surface area contributed by atoms with Crippen LogP contribution in [-0.4, -0.2) is 17.9 Å². The molecule has 4 bridgehead atoms. The highest BCUT2D eigenvalue weighted by molar-refractivity contribution is 7.43. The first kappa shape index (κ1) is 9.30. The molecule has 0 saturated carbocycles. The van der Waals surface area contributed by atoms with Gasteiger partial charge in [-0.2, -0.15) is 0 Å². The summed E-state index contributed by atoms with van der Waals surface area (Å²) in [5.74, 6) is -2.02. The lowest BCUT2D eigenvalue weighted by molar-refractivity contribution is 0.0526.